The van der Waals surface area contributed by atoms with Gasteiger partial charge in [-0.1, -0.05) is 6.92 Å². The number of nitrogens with zero attached hydrogens (tertiary/aromatic N) is 6. The summed E-state index contributed by atoms with van der Waals surface area (Å²) in [6.07, 6.45) is 16.8. The Hall–Kier alpha value is -3.95. The fourth-order valence-electron chi connectivity index (χ4n) is 8.90. The van der Waals surface area contributed by atoms with Crippen LogP contribution in [0.25, 0.3) is 11.1 Å². The summed E-state index contributed by atoms with van der Waals surface area (Å²) in [7, 11) is 1.68. The largest absolute Gasteiger partial charge is 0.481 e. The molecule has 3 aromatic heterocycles. The monoisotopic (exact) mass is 682 g/mol. The topological polar surface area (TPSA) is 103 Å². The normalized spacial score (nSPS) is 26.7. The molecule has 0 atom stereocenters. The molecule has 2 amide bonds. The Bertz CT molecular complexity index is 1690. The zero-order valence-corrected chi connectivity index (χ0v) is 30.8. The first-order valence-corrected chi connectivity index (χ1v) is 18.7. The highest BCUT2D eigenvalue weighted by Gasteiger charge is 2.51. The van der Waals surface area contributed by atoms with Crippen molar-refractivity contribution >= 4 is 17.8 Å². The summed E-state index contributed by atoms with van der Waals surface area (Å²) in [6, 6.07) is 6.35. The molecule has 0 unspecified atom stereocenters. The fraction of sp³-hybridized carbons (Fsp3) is 0.625. The number of amides is 2. The SMILES string of the molecule is COc1ncc(C23CCC(CN(C(=O)C4CCC(OC(=O)N5CC(C)C5)CC4)c4cc(-c5cnn(C(C)(C)C)c5)ccn4)(CC2)CC3)cc1C. The van der Waals surface area contributed by atoms with Crippen LogP contribution in [0.1, 0.15) is 103 Å². The van der Waals surface area contributed by atoms with E-state index in [4.69, 9.17) is 14.5 Å². The maximum Gasteiger partial charge on any atom is 0.410 e. The lowest BCUT2D eigenvalue weighted by Crippen LogP contribution is -2.52. The molecule has 4 aliphatic carbocycles. The molecule has 8 rings (SSSR count). The Morgan fingerprint density at radius 1 is 0.960 bits per heavy atom. The second kappa shape index (κ2) is 13.3. The van der Waals surface area contributed by atoms with Crippen LogP contribution >= 0.6 is 0 Å². The van der Waals surface area contributed by atoms with Crippen molar-refractivity contribution in [3.63, 3.8) is 0 Å². The number of carbonyl (C=O) groups is 2. The molecule has 10 nitrogen and oxygen atoms in total. The highest BCUT2D eigenvalue weighted by atomic mass is 16.6. The van der Waals surface area contributed by atoms with E-state index in [0.717, 1.165) is 68.3 Å². The van der Waals surface area contributed by atoms with Crippen molar-refractivity contribution < 1.29 is 19.1 Å². The van der Waals surface area contributed by atoms with Gasteiger partial charge in [0.1, 0.15) is 11.9 Å². The highest BCUT2D eigenvalue weighted by Crippen LogP contribution is 2.58. The third-order valence-electron chi connectivity index (χ3n) is 12.2. The number of anilines is 1. The molecule has 2 bridgehead atoms. The molecular weight excluding hydrogens is 628 g/mol. The van der Waals surface area contributed by atoms with E-state index in [9.17, 15) is 9.59 Å². The number of carbonyl (C=O) groups excluding carboxylic acids is 2. The van der Waals surface area contributed by atoms with Gasteiger partial charge in [-0.3, -0.25) is 14.4 Å². The van der Waals surface area contributed by atoms with Gasteiger partial charge < -0.3 is 14.4 Å². The molecule has 0 aromatic carbocycles. The Kier molecular flexibility index (Phi) is 9.18. The summed E-state index contributed by atoms with van der Waals surface area (Å²) in [4.78, 5) is 40.6. The van der Waals surface area contributed by atoms with Crippen LogP contribution in [0.3, 0.4) is 0 Å². The lowest BCUT2D eigenvalue weighted by atomic mass is 9.52. The second-order valence-corrected chi connectivity index (χ2v) is 16.9. The van der Waals surface area contributed by atoms with Crippen molar-refractivity contribution in [2.45, 2.75) is 116 Å². The van der Waals surface area contributed by atoms with Crippen molar-refractivity contribution in [3.05, 3.63) is 54.1 Å². The van der Waals surface area contributed by atoms with E-state index in [1.165, 1.54) is 5.56 Å². The zero-order valence-electron chi connectivity index (χ0n) is 30.8. The summed E-state index contributed by atoms with van der Waals surface area (Å²) in [6.45, 7) is 12.8. The van der Waals surface area contributed by atoms with Gasteiger partial charge in [-0.2, -0.15) is 5.10 Å². The van der Waals surface area contributed by atoms with Crippen LogP contribution < -0.4 is 9.64 Å². The first-order chi connectivity index (χ1) is 23.9. The summed E-state index contributed by atoms with van der Waals surface area (Å²) in [5, 5.41) is 4.63. The van der Waals surface area contributed by atoms with Gasteiger partial charge in [-0.05, 0) is 138 Å². The van der Waals surface area contributed by atoms with Crippen LogP contribution in [0, 0.1) is 24.2 Å². The Labute approximate surface area is 296 Å². The maximum absolute atomic E-state index is 14.7. The number of rotatable bonds is 8. The lowest BCUT2D eigenvalue weighted by Gasteiger charge is -2.55. The molecule has 0 spiro atoms. The van der Waals surface area contributed by atoms with E-state index < -0.39 is 0 Å². The molecule has 1 aliphatic heterocycles. The third-order valence-corrected chi connectivity index (χ3v) is 12.2. The lowest BCUT2D eigenvalue weighted by molar-refractivity contribution is -0.124. The van der Waals surface area contributed by atoms with E-state index in [2.05, 4.69) is 63.0 Å². The van der Waals surface area contributed by atoms with Crippen molar-refractivity contribution in [1.82, 2.24) is 24.6 Å². The first kappa shape index (κ1) is 34.5. The van der Waals surface area contributed by atoms with E-state index in [1.807, 2.05) is 34.2 Å². The standard InChI is InChI=1S/C40H54N6O4/c1-27-23-44(24-27)37(48)50-33-9-7-29(8-10-33)36(47)45(34-20-30(11-18-41-34)31-21-43-46(25-31)38(3,4)5)26-39-12-15-40(16-13-39,17-14-39)32-19-28(2)35(49-6)42-22-32/h11,18-22,25,27,29,33H,7-10,12-17,23-24,26H2,1-6H3. The molecule has 50 heavy (non-hydrogen) atoms. The van der Waals surface area contributed by atoms with Gasteiger partial charge in [0.25, 0.3) is 0 Å². The average Bonchev–Trinajstić information content (AvgIpc) is 3.62. The molecular formula is C40H54N6O4. The van der Waals surface area contributed by atoms with Crippen LogP contribution in [0.2, 0.25) is 0 Å². The van der Waals surface area contributed by atoms with Crippen LogP contribution in [0.15, 0.2) is 43.0 Å². The molecule has 4 heterocycles. The Balaban J connectivity index is 1.10. The van der Waals surface area contributed by atoms with Gasteiger partial charge in [0.05, 0.1) is 18.8 Å². The Morgan fingerprint density at radius 3 is 2.26 bits per heavy atom. The highest BCUT2D eigenvalue weighted by molar-refractivity contribution is 5.95. The van der Waals surface area contributed by atoms with Crippen molar-refractivity contribution in [2.24, 2.45) is 17.3 Å². The van der Waals surface area contributed by atoms with Crippen LogP contribution in [-0.2, 0) is 20.5 Å². The van der Waals surface area contributed by atoms with Crippen LogP contribution in [0.4, 0.5) is 10.6 Å². The minimum absolute atomic E-state index is 0.0439. The quantitative estimate of drug-likeness (QED) is 0.240. The number of aryl methyl sites for hydroxylation is 1. The third kappa shape index (κ3) is 6.74. The van der Waals surface area contributed by atoms with E-state index in [0.29, 0.717) is 49.8 Å². The molecule has 10 heteroatoms. The summed E-state index contributed by atoms with van der Waals surface area (Å²) in [5.41, 5.74) is 4.47. The number of hydrogen-bond donors (Lipinski definition) is 0. The van der Waals surface area contributed by atoms with Crippen molar-refractivity contribution in [2.75, 3.05) is 31.6 Å². The molecule has 0 N–H and O–H groups in total. The number of aromatic nitrogens is 4. The van der Waals surface area contributed by atoms with E-state index >= 15 is 0 Å². The Morgan fingerprint density at radius 2 is 1.66 bits per heavy atom. The number of hydrogen-bond acceptors (Lipinski definition) is 7. The molecule has 268 valence electrons. The average molecular weight is 683 g/mol. The van der Waals surface area contributed by atoms with Gasteiger partial charge in [-0.15, -0.1) is 0 Å². The number of methoxy groups -OCH3 is 1. The van der Waals surface area contributed by atoms with Crippen molar-refractivity contribution in [3.8, 4) is 17.0 Å². The minimum Gasteiger partial charge on any atom is -0.481 e. The predicted molar refractivity (Wildman–Crippen MR) is 193 cm³/mol. The van der Waals surface area contributed by atoms with Gasteiger partial charge in [-0.25, -0.2) is 14.8 Å². The van der Waals surface area contributed by atoms with Gasteiger partial charge in [0.15, 0.2) is 0 Å². The zero-order chi connectivity index (χ0) is 35.3. The van der Waals surface area contributed by atoms with E-state index in [-0.39, 0.29) is 40.4 Å². The molecule has 5 fully saturated rings. The number of fused-ring (bicyclic) bond motifs is 3. The summed E-state index contributed by atoms with van der Waals surface area (Å²) < 4.78 is 13.3. The molecule has 0 radical (unpaired) electrons. The van der Waals surface area contributed by atoms with Gasteiger partial charge in [0.2, 0.25) is 11.8 Å². The van der Waals surface area contributed by atoms with Crippen molar-refractivity contribution in [1.29, 1.82) is 0 Å². The smallest absolute Gasteiger partial charge is 0.410 e. The predicted octanol–water partition coefficient (Wildman–Crippen LogP) is 7.68. The molecule has 4 saturated carbocycles. The van der Waals surface area contributed by atoms with Gasteiger partial charge in [0, 0.05) is 55.3 Å². The molecule has 3 aromatic rings. The van der Waals surface area contributed by atoms with Gasteiger partial charge >= 0.3 is 6.09 Å². The number of pyridine rings is 2. The van der Waals surface area contributed by atoms with Crippen LogP contribution in [0.5, 0.6) is 5.88 Å². The first-order valence-electron chi connectivity index (χ1n) is 18.7. The molecule has 1 saturated heterocycles. The fourth-order valence-corrected chi connectivity index (χ4v) is 8.90. The second-order valence-electron chi connectivity index (χ2n) is 16.9. The van der Waals surface area contributed by atoms with E-state index in [1.54, 1.807) is 12.0 Å². The number of ether oxygens (including phenoxy) is 2. The maximum atomic E-state index is 14.7. The number of likely N-dealkylation sites (tertiary alicyclic amines) is 1. The summed E-state index contributed by atoms with van der Waals surface area (Å²) in [5.74, 6) is 1.96. The molecule has 5 aliphatic rings. The summed E-state index contributed by atoms with van der Waals surface area (Å²) >= 11 is 0. The van der Waals surface area contributed by atoms with Crippen LogP contribution in [-0.4, -0.2) is 69.5 Å². The minimum atomic E-state index is -0.208.